The Morgan fingerprint density at radius 2 is 1.60 bits per heavy atom. The molecule has 0 unspecified atom stereocenters. The number of hydrogen-bond acceptors (Lipinski definition) is 5. The van der Waals surface area contributed by atoms with Crippen LogP contribution in [0.2, 0.25) is 10.0 Å². The van der Waals surface area contributed by atoms with Gasteiger partial charge in [0.05, 0.1) is 27.7 Å². The number of benzene rings is 3. The lowest BCUT2D eigenvalue weighted by Crippen LogP contribution is -2.52. The minimum atomic E-state index is -4.22. The molecular weight excluding hydrogens is 597 g/mol. The highest BCUT2D eigenvalue weighted by molar-refractivity contribution is 7.92. The van der Waals surface area contributed by atoms with Crippen molar-refractivity contribution in [2.45, 2.75) is 51.6 Å². The average Bonchev–Trinajstić information content (AvgIpc) is 2.96. The molecule has 42 heavy (non-hydrogen) atoms. The Balaban J connectivity index is 2.06. The number of amides is 2. The Bertz CT molecular complexity index is 1480. The fourth-order valence-corrected chi connectivity index (χ4v) is 5.97. The Labute approximate surface area is 258 Å². The molecule has 0 aromatic heterocycles. The largest absolute Gasteiger partial charge is 0.497 e. The topological polar surface area (TPSA) is 96.0 Å². The molecule has 0 spiro atoms. The third kappa shape index (κ3) is 8.40. The summed E-state index contributed by atoms with van der Waals surface area (Å²) in [6.07, 6.45) is 0.323. The van der Waals surface area contributed by atoms with E-state index >= 15 is 0 Å². The number of sulfonamides is 1. The number of halogens is 2. The molecular formula is C31H37Cl2N3O5S. The summed E-state index contributed by atoms with van der Waals surface area (Å²) < 4.78 is 34.2. The van der Waals surface area contributed by atoms with Gasteiger partial charge in [0.25, 0.3) is 10.0 Å². The molecule has 0 fully saturated rings. The van der Waals surface area contributed by atoms with Gasteiger partial charge in [-0.05, 0) is 67.3 Å². The number of nitrogens with zero attached hydrogens (tertiary/aromatic N) is 2. The molecule has 0 aliphatic heterocycles. The number of carbonyl (C=O) groups is 2. The molecule has 0 aliphatic rings. The van der Waals surface area contributed by atoms with E-state index in [9.17, 15) is 18.0 Å². The van der Waals surface area contributed by atoms with Crippen molar-refractivity contribution in [1.82, 2.24) is 10.2 Å². The second-order valence-corrected chi connectivity index (χ2v) is 13.0. The summed E-state index contributed by atoms with van der Waals surface area (Å²) >= 11 is 12.4. The predicted octanol–water partition coefficient (Wildman–Crippen LogP) is 6.09. The van der Waals surface area contributed by atoms with Crippen LogP contribution in [0.5, 0.6) is 5.75 Å². The summed E-state index contributed by atoms with van der Waals surface area (Å²) in [4.78, 5) is 28.9. The first kappa shape index (κ1) is 33.2. The van der Waals surface area contributed by atoms with Gasteiger partial charge in [0.2, 0.25) is 11.8 Å². The molecule has 0 saturated heterocycles. The summed E-state index contributed by atoms with van der Waals surface area (Å²) in [5.41, 5.74) is 1.80. The lowest BCUT2D eigenvalue weighted by molar-refractivity contribution is -0.140. The molecule has 0 aliphatic carbocycles. The lowest BCUT2D eigenvalue weighted by Gasteiger charge is -2.33. The van der Waals surface area contributed by atoms with Gasteiger partial charge in [-0.25, -0.2) is 8.42 Å². The first-order chi connectivity index (χ1) is 19.9. The third-order valence-electron chi connectivity index (χ3n) is 6.66. The van der Waals surface area contributed by atoms with Crippen molar-refractivity contribution in [2.24, 2.45) is 5.92 Å². The predicted molar refractivity (Wildman–Crippen MR) is 168 cm³/mol. The number of rotatable bonds is 13. The van der Waals surface area contributed by atoms with Crippen LogP contribution >= 0.6 is 23.2 Å². The van der Waals surface area contributed by atoms with E-state index in [1.54, 1.807) is 43.5 Å². The highest BCUT2D eigenvalue weighted by atomic mass is 35.5. The second kappa shape index (κ2) is 14.8. The number of aryl methyl sites for hydroxylation is 1. The molecule has 2 amide bonds. The Hall–Kier alpha value is -3.27. The Kier molecular flexibility index (Phi) is 11.7. The van der Waals surface area contributed by atoms with Gasteiger partial charge in [-0.3, -0.25) is 13.9 Å². The number of hydrogen-bond donors (Lipinski definition) is 1. The van der Waals surface area contributed by atoms with Crippen LogP contribution in [-0.4, -0.2) is 51.4 Å². The first-order valence-corrected chi connectivity index (χ1v) is 15.8. The summed E-state index contributed by atoms with van der Waals surface area (Å²) in [6, 6.07) is 17.0. The van der Waals surface area contributed by atoms with Crippen molar-refractivity contribution in [3.8, 4) is 5.75 Å². The molecule has 0 radical (unpaired) electrons. The van der Waals surface area contributed by atoms with Crippen LogP contribution in [0.15, 0.2) is 71.6 Å². The molecule has 3 aromatic carbocycles. The van der Waals surface area contributed by atoms with E-state index < -0.39 is 28.5 Å². The molecule has 8 nitrogen and oxygen atoms in total. The van der Waals surface area contributed by atoms with Gasteiger partial charge < -0.3 is 15.0 Å². The molecule has 3 aromatic rings. The fourth-order valence-electron chi connectivity index (χ4n) is 4.28. The standard InChI is InChI=1S/C31H37Cl2N3O5S/c1-6-29(31(38)34-18-21(2)3)35(19-23-9-12-25(41-5)13-10-23)30(37)20-36(24-11-16-27(32)28(33)17-24)42(39,40)26-14-7-22(4)8-15-26/h7-17,21,29H,6,18-20H2,1-5H3,(H,34,38)/t29-/m0/s1. The zero-order valence-corrected chi connectivity index (χ0v) is 26.8. The van der Waals surface area contributed by atoms with Gasteiger partial charge >= 0.3 is 0 Å². The lowest BCUT2D eigenvalue weighted by atomic mass is 10.1. The van der Waals surface area contributed by atoms with Crippen LogP contribution in [0, 0.1) is 12.8 Å². The highest BCUT2D eigenvalue weighted by Crippen LogP contribution is 2.31. The molecule has 11 heteroatoms. The number of ether oxygens (including phenoxy) is 1. The third-order valence-corrected chi connectivity index (χ3v) is 9.19. The van der Waals surface area contributed by atoms with Crippen LogP contribution in [0.1, 0.15) is 38.3 Å². The normalized spacial score (nSPS) is 12.1. The Morgan fingerprint density at radius 1 is 0.952 bits per heavy atom. The van der Waals surface area contributed by atoms with Gasteiger partial charge in [-0.2, -0.15) is 0 Å². The van der Waals surface area contributed by atoms with Crippen LogP contribution in [-0.2, 0) is 26.2 Å². The highest BCUT2D eigenvalue weighted by Gasteiger charge is 2.34. The molecule has 1 N–H and O–H groups in total. The summed E-state index contributed by atoms with van der Waals surface area (Å²) in [5, 5.41) is 3.30. The maximum absolute atomic E-state index is 14.1. The van der Waals surface area contributed by atoms with Crippen molar-refractivity contribution in [2.75, 3.05) is 24.5 Å². The number of methoxy groups -OCH3 is 1. The molecule has 226 valence electrons. The van der Waals surface area contributed by atoms with Crippen LogP contribution in [0.3, 0.4) is 0 Å². The fraction of sp³-hybridized carbons (Fsp3) is 0.355. The zero-order valence-electron chi connectivity index (χ0n) is 24.4. The average molecular weight is 635 g/mol. The summed E-state index contributed by atoms with van der Waals surface area (Å²) in [5.74, 6) is -0.00927. The molecule has 0 saturated carbocycles. The molecule has 3 rings (SSSR count). The first-order valence-electron chi connectivity index (χ1n) is 13.6. The van der Waals surface area contributed by atoms with Crippen molar-refractivity contribution in [3.63, 3.8) is 0 Å². The van der Waals surface area contributed by atoms with E-state index in [1.807, 2.05) is 27.7 Å². The van der Waals surface area contributed by atoms with Gasteiger partial charge in [0.15, 0.2) is 0 Å². The van der Waals surface area contributed by atoms with Gasteiger partial charge in [-0.15, -0.1) is 0 Å². The maximum atomic E-state index is 14.1. The summed E-state index contributed by atoms with van der Waals surface area (Å²) in [6.45, 7) is 7.57. The number of nitrogens with one attached hydrogen (secondary N) is 1. The minimum absolute atomic E-state index is 0.00962. The molecule has 0 bridgehead atoms. The van der Waals surface area contributed by atoms with E-state index in [-0.39, 0.29) is 39.0 Å². The van der Waals surface area contributed by atoms with Crippen molar-refractivity contribution in [1.29, 1.82) is 0 Å². The van der Waals surface area contributed by atoms with Crippen LogP contribution < -0.4 is 14.4 Å². The second-order valence-electron chi connectivity index (χ2n) is 10.4. The van der Waals surface area contributed by atoms with Gasteiger partial charge in [0.1, 0.15) is 18.3 Å². The van der Waals surface area contributed by atoms with E-state index in [0.29, 0.717) is 18.7 Å². The maximum Gasteiger partial charge on any atom is 0.264 e. The van der Waals surface area contributed by atoms with Gasteiger partial charge in [0, 0.05) is 13.1 Å². The zero-order chi connectivity index (χ0) is 31.0. The van der Waals surface area contributed by atoms with Crippen LogP contribution in [0.4, 0.5) is 5.69 Å². The smallest absolute Gasteiger partial charge is 0.264 e. The minimum Gasteiger partial charge on any atom is -0.497 e. The van der Waals surface area contributed by atoms with Crippen molar-refractivity contribution in [3.05, 3.63) is 87.9 Å². The van der Waals surface area contributed by atoms with Crippen molar-refractivity contribution >= 4 is 50.7 Å². The number of anilines is 1. The SMILES string of the molecule is CC[C@@H](C(=O)NCC(C)C)N(Cc1ccc(OC)cc1)C(=O)CN(c1ccc(Cl)c(Cl)c1)S(=O)(=O)c1ccc(C)cc1. The Morgan fingerprint density at radius 3 is 2.14 bits per heavy atom. The van der Waals surface area contributed by atoms with E-state index in [4.69, 9.17) is 27.9 Å². The molecule has 0 heterocycles. The van der Waals surface area contributed by atoms with E-state index in [0.717, 1.165) is 15.4 Å². The van der Waals surface area contributed by atoms with E-state index in [2.05, 4.69) is 5.32 Å². The van der Waals surface area contributed by atoms with E-state index in [1.165, 1.54) is 35.2 Å². The molecule has 1 atom stereocenters. The summed E-state index contributed by atoms with van der Waals surface area (Å²) in [7, 11) is -2.66. The quantitative estimate of drug-likeness (QED) is 0.246. The van der Waals surface area contributed by atoms with Crippen molar-refractivity contribution < 1.29 is 22.7 Å². The van der Waals surface area contributed by atoms with Crippen LogP contribution in [0.25, 0.3) is 0 Å². The number of carbonyl (C=O) groups excluding carboxylic acids is 2. The monoisotopic (exact) mass is 633 g/mol. The van der Waals surface area contributed by atoms with Gasteiger partial charge in [-0.1, -0.05) is 73.8 Å².